The molecule has 18 heavy (non-hydrogen) atoms. The topological polar surface area (TPSA) is 42.0 Å². The molecule has 0 saturated heterocycles. The Labute approximate surface area is 105 Å². The van der Waals surface area contributed by atoms with Crippen LogP contribution in [0.3, 0.4) is 0 Å². The number of aromatic nitrogens is 1. The van der Waals surface area contributed by atoms with Gasteiger partial charge in [-0.1, -0.05) is 17.7 Å². The van der Waals surface area contributed by atoms with Crippen molar-refractivity contribution in [1.82, 2.24) is 4.98 Å². The molecule has 1 aromatic heterocycles. The lowest BCUT2D eigenvalue weighted by Crippen LogP contribution is -2.03. The summed E-state index contributed by atoms with van der Waals surface area (Å²) in [6, 6.07) is 9.74. The highest BCUT2D eigenvalue weighted by Crippen LogP contribution is 2.33. The fraction of sp³-hybridized carbons (Fsp3) is 0.0667. The molecule has 0 unspecified atom stereocenters. The van der Waals surface area contributed by atoms with Gasteiger partial charge in [-0.15, -0.1) is 0 Å². The van der Waals surface area contributed by atoms with Crippen molar-refractivity contribution in [2.24, 2.45) is 0 Å². The van der Waals surface area contributed by atoms with E-state index in [1.165, 1.54) is 0 Å². The van der Waals surface area contributed by atoms with Crippen molar-refractivity contribution in [3.05, 3.63) is 59.4 Å². The van der Waals surface area contributed by atoms with Crippen molar-refractivity contribution >= 4 is 23.2 Å². The number of rotatable bonds is 1. The Morgan fingerprint density at radius 3 is 2.94 bits per heavy atom. The summed E-state index contributed by atoms with van der Waals surface area (Å²) in [5, 5.41) is 2.87. The molecule has 1 aliphatic rings. The van der Waals surface area contributed by atoms with Gasteiger partial charge in [0.05, 0.1) is 0 Å². The van der Waals surface area contributed by atoms with E-state index in [1.807, 2.05) is 43.3 Å². The molecule has 0 aliphatic carbocycles. The zero-order valence-corrected chi connectivity index (χ0v) is 9.97. The monoisotopic (exact) mass is 236 g/mol. The number of hydrogen-bond donors (Lipinski definition) is 1. The van der Waals surface area contributed by atoms with E-state index >= 15 is 0 Å². The van der Waals surface area contributed by atoms with E-state index in [4.69, 9.17) is 0 Å². The highest BCUT2D eigenvalue weighted by atomic mass is 16.2. The second kappa shape index (κ2) is 4.11. The lowest BCUT2D eigenvalue weighted by Gasteiger charge is -2.00. The van der Waals surface area contributed by atoms with Crippen LogP contribution >= 0.6 is 0 Å². The molecular weight excluding hydrogens is 224 g/mol. The molecule has 3 heteroatoms. The molecule has 3 nitrogen and oxygen atoms in total. The van der Waals surface area contributed by atoms with E-state index in [-0.39, 0.29) is 5.91 Å². The van der Waals surface area contributed by atoms with Crippen molar-refractivity contribution in [3.8, 4) is 0 Å². The largest absolute Gasteiger partial charge is 0.321 e. The molecule has 0 bridgehead atoms. The van der Waals surface area contributed by atoms with E-state index in [1.54, 1.807) is 12.4 Å². The molecule has 1 aliphatic heterocycles. The van der Waals surface area contributed by atoms with Gasteiger partial charge < -0.3 is 5.32 Å². The summed E-state index contributed by atoms with van der Waals surface area (Å²) in [6.45, 7) is 2.02. The number of hydrogen-bond acceptors (Lipinski definition) is 2. The number of benzene rings is 1. The van der Waals surface area contributed by atoms with Crippen LogP contribution in [-0.4, -0.2) is 10.9 Å². The molecule has 88 valence electrons. The Morgan fingerprint density at radius 2 is 2.17 bits per heavy atom. The first kappa shape index (κ1) is 10.7. The van der Waals surface area contributed by atoms with Gasteiger partial charge in [-0.05, 0) is 36.8 Å². The number of pyridine rings is 1. The van der Waals surface area contributed by atoms with Crippen LogP contribution in [0.2, 0.25) is 0 Å². The lowest BCUT2D eigenvalue weighted by molar-refractivity contribution is -0.110. The average Bonchev–Trinajstić information content (AvgIpc) is 2.67. The van der Waals surface area contributed by atoms with E-state index in [9.17, 15) is 4.79 Å². The van der Waals surface area contributed by atoms with E-state index < -0.39 is 0 Å². The van der Waals surface area contributed by atoms with Gasteiger partial charge >= 0.3 is 0 Å². The van der Waals surface area contributed by atoms with Crippen LogP contribution < -0.4 is 5.32 Å². The van der Waals surface area contributed by atoms with Gasteiger partial charge in [0.2, 0.25) is 0 Å². The molecule has 3 rings (SSSR count). The van der Waals surface area contributed by atoms with Gasteiger partial charge in [-0.25, -0.2) is 0 Å². The number of carbonyl (C=O) groups is 1. The zero-order chi connectivity index (χ0) is 12.5. The molecule has 1 N–H and O–H groups in total. The Kier molecular flexibility index (Phi) is 2.45. The second-order valence-corrected chi connectivity index (χ2v) is 4.35. The minimum atomic E-state index is -0.0561. The van der Waals surface area contributed by atoms with E-state index in [0.29, 0.717) is 5.57 Å². The number of fused-ring (bicyclic) bond motifs is 1. The predicted octanol–water partition coefficient (Wildman–Crippen LogP) is 2.88. The molecule has 0 spiro atoms. The number of aryl methyl sites for hydroxylation is 1. The summed E-state index contributed by atoms with van der Waals surface area (Å²) in [6.07, 6.45) is 5.33. The third-order valence-corrected chi connectivity index (χ3v) is 2.95. The van der Waals surface area contributed by atoms with Crippen molar-refractivity contribution < 1.29 is 4.79 Å². The number of nitrogens with one attached hydrogen (secondary N) is 1. The maximum absolute atomic E-state index is 11.9. The molecule has 0 atom stereocenters. The molecule has 2 heterocycles. The van der Waals surface area contributed by atoms with Crippen LogP contribution in [0, 0.1) is 6.92 Å². The summed E-state index contributed by atoms with van der Waals surface area (Å²) < 4.78 is 0. The number of amides is 1. The summed E-state index contributed by atoms with van der Waals surface area (Å²) in [7, 11) is 0. The van der Waals surface area contributed by atoms with Gasteiger partial charge in [-0.2, -0.15) is 0 Å². The van der Waals surface area contributed by atoms with Crippen LogP contribution in [0.4, 0.5) is 5.69 Å². The first-order chi connectivity index (χ1) is 8.74. The van der Waals surface area contributed by atoms with Crippen molar-refractivity contribution in [1.29, 1.82) is 0 Å². The first-order valence-electron chi connectivity index (χ1n) is 5.78. The lowest BCUT2D eigenvalue weighted by atomic mass is 10.0. The molecule has 0 saturated carbocycles. The zero-order valence-electron chi connectivity index (χ0n) is 9.97. The van der Waals surface area contributed by atoms with E-state index in [2.05, 4.69) is 10.3 Å². The van der Waals surface area contributed by atoms with Crippen LogP contribution in [-0.2, 0) is 4.79 Å². The molecule has 2 aromatic rings. The Balaban J connectivity index is 2.12. The highest BCUT2D eigenvalue weighted by molar-refractivity contribution is 6.34. The van der Waals surface area contributed by atoms with Gasteiger partial charge in [0.15, 0.2) is 0 Å². The maximum atomic E-state index is 11.9. The highest BCUT2D eigenvalue weighted by Gasteiger charge is 2.23. The van der Waals surface area contributed by atoms with Crippen LogP contribution in [0.5, 0.6) is 0 Å². The Morgan fingerprint density at radius 1 is 1.28 bits per heavy atom. The normalized spacial score (nSPS) is 15.6. The Hall–Kier alpha value is -2.42. The Bertz CT molecular complexity index is 645. The minimum Gasteiger partial charge on any atom is -0.321 e. The summed E-state index contributed by atoms with van der Waals surface area (Å²) in [4.78, 5) is 16.0. The van der Waals surface area contributed by atoms with Crippen molar-refractivity contribution in [2.45, 2.75) is 6.92 Å². The first-order valence-corrected chi connectivity index (χ1v) is 5.78. The third-order valence-electron chi connectivity index (χ3n) is 2.95. The quantitative estimate of drug-likeness (QED) is 0.773. The number of nitrogens with zero attached hydrogens (tertiary/aromatic N) is 1. The van der Waals surface area contributed by atoms with Crippen LogP contribution in [0.15, 0.2) is 42.7 Å². The minimum absolute atomic E-state index is 0.0561. The fourth-order valence-electron chi connectivity index (χ4n) is 2.07. The SMILES string of the molecule is Cc1ccc2c(c1)/C(=C\c1cccnc1)C(=O)N2. The van der Waals surface area contributed by atoms with Gasteiger partial charge in [0, 0.05) is 29.2 Å². The second-order valence-electron chi connectivity index (χ2n) is 4.35. The van der Waals surface area contributed by atoms with Crippen LogP contribution in [0.25, 0.3) is 11.6 Å². The number of anilines is 1. The molecule has 1 amide bonds. The maximum Gasteiger partial charge on any atom is 0.256 e. The summed E-state index contributed by atoms with van der Waals surface area (Å²) >= 11 is 0. The number of carbonyl (C=O) groups excluding carboxylic acids is 1. The molecule has 0 radical (unpaired) electrons. The van der Waals surface area contributed by atoms with Gasteiger partial charge in [0.1, 0.15) is 0 Å². The smallest absolute Gasteiger partial charge is 0.256 e. The predicted molar refractivity (Wildman–Crippen MR) is 71.9 cm³/mol. The average molecular weight is 236 g/mol. The van der Waals surface area contributed by atoms with Gasteiger partial charge in [0.25, 0.3) is 5.91 Å². The van der Waals surface area contributed by atoms with Crippen molar-refractivity contribution in [2.75, 3.05) is 5.32 Å². The fourth-order valence-corrected chi connectivity index (χ4v) is 2.07. The third kappa shape index (κ3) is 1.80. The summed E-state index contributed by atoms with van der Waals surface area (Å²) in [5.74, 6) is -0.0561. The standard InChI is InChI=1S/C15H12N2O/c1-10-4-5-14-12(7-10)13(15(18)17-14)8-11-3-2-6-16-9-11/h2-9H,1H3,(H,17,18)/b13-8+. The van der Waals surface area contributed by atoms with Crippen molar-refractivity contribution in [3.63, 3.8) is 0 Å². The van der Waals surface area contributed by atoms with Crippen LogP contribution in [0.1, 0.15) is 16.7 Å². The molecule has 0 fully saturated rings. The van der Waals surface area contributed by atoms with Gasteiger partial charge in [-0.3, -0.25) is 9.78 Å². The molecule has 1 aromatic carbocycles. The molecular formula is C15H12N2O. The van der Waals surface area contributed by atoms with E-state index in [0.717, 1.165) is 22.4 Å². The summed E-state index contributed by atoms with van der Waals surface area (Å²) in [5.41, 5.74) is 4.60.